The van der Waals surface area contributed by atoms with Gasteiger partial charge in [0, 0.05) is 12.6 Å². The van der Waals surface area contributed by atoms with Gasteiger partial charge in [0.05, 0.1) is 20.1 Å². The number of carbonyl (C=O) groups excluding carboxylic acids is 2. The van der Waals surface area contributed by atoms with E-state index in [1.807, 2.05) is 31.2 Å². The SMILES string of the molecule is CCOc1ccc(/C=C/C(=O)NCCC(=O)OC)cc1. The molecule has 0 aliphatic heterocycles. The minimum absolute atomic E-state index is 0.166. The molecule has 5 nitrogen and oxygen atoms in total. The Morgan fingerprint density at radius 2 is 1.95 bits per heavy atom. The van der Waals surface area contributed by atoms with E-state index in [0.29, 0.717) is 6.61 Å². The van der Waals surface area contributed by atoms with Gasteiger partial charge in [0.25, 0.3) is 0 Å². The summed E-state index contributed by atoms with van der Waals surface area (Å²) in [7, 11) is 1.32. The molecule has 0 fully saturated rings. The van der Waals surface area contributed by atoms with Crippen LogP contribution in [0.2, 0.25) is 0 Å². The maximum Gasteiger partial charge on any atom is 0.307 e. The average molecular weight is 277 g/mol. The predicted molar refractivity (Wildman–Crippen MR) is 76.3 cm³/mol. The summed E-state index contributed by atoms with van der Waals surface area (Å²) in [5, 5.41) is 2.60. The molecule has 0 unspecified atom stereocenters. The van der Waals surface area contributed by atoms with Crippen molar-refractivity contribution in [1.29, 1.82) is 0 Å². The molecular weight excluding hydrogens is 258 g/mol. The Bertz CT molecular complexity index is 465. The van der Waals surface area contributed by atoms with Gasteiger partial charge in [0.15, 0.2) is 0 Å². The van der Waals surface area contributed by atoms with E-state index in [9.17, 15) is 9.59 Å². The van der Waals surface area contributed by atoms with Crippen LogP contribution < -0.4 is 10.1 Å². The number of rotatable bonds is 7. The van der Waals surface area contributed by atoms with Gasteiger partial charge in [-0.2, -0.15) is 0 Å². The van der Waals surface area contributed by atoms with E-state index in [-0.39, 0.29) is 24.8 Å². The lowest BCUT2D eigenvalue weighted by Crippen LogP contribution is -2.24. The highest BCUT2D eigenvalue weighted by Gasteiger charge is 2.00. The summed E-state index contributed by atoms with van der Waals surface area (Å²) < 4.78 is 9.80. The fourth-order valence-electron chi connectivity index (χ4n) is 1.46. The lowest BCUT2D eigenvalue weighted by molar-refractivity contribution is -0.140. The highest BCUT2D eigenvalue weighted by atomic mass is 16.5. The molecule has 0 aliphatic rings. The second-order valence-electron chi connectivity index (χ2n) is 3.95. The number of amides is 1. The molecule has 5 heteroatoms. The number of nitrogens with one attached hydrogen (secondary N) is 1. The van der Waals surface area contributed by atoms with E-state index < -0.39 is 0 Å². The minimum atomic E-state index is -0.346. The van der Waals surface area contributed by atoms with Crippen LogP contribution in [0, 0.1) is 0 Å². The van der Waals surface area contributed by atoms with E-state index in [1.54, 1.807) is 6.08 Å². The van der Waals surface area contributed by atoms with Gasteiger partial charge in [-0.1, -0.05) is 12.1 Å². The number of hydrogen-bond acceptors (Lipinski definition) is 4. The summed E-state index contributed by atoms with van der Waals surface area (Å²) in [5.41, 5.74) is 0.900. The van der Waals surface area contributed by atoms with Crippen LogP contribution in [0.3, 0.4) is 0 Å². The van der Waals surface area contributed by atoms with Crippen LogP contribution in [0.15, 0.2) is 30.3 Å². The van der Waals surface area contributed by atoms with Crippen LogP contribution in [0.4, 0.5) is 0 Å². The van der Waals surface area contributed by atoms with Crippen molar-refractivity contribution in [3.05, 3.63) is 35.9 Å². The quantitative estimate of drug-likeness (QED) is 0.609. The summed E-state index contributed by atoms with van der Waals surface area (Å²) in [6, 6.07) is 7.42. The van der Waals surface area contributed by atoms with Gasteiger partial charge in [0.1, 0.15) is 5.75 Å². The lowest BCUT2D eigenvalue weighted by Gasteiger charge is -2.02. The maximum absolute atomic E-state index is 11.5. The molecule has 0 radical (unpaired) electrons. The number of ether oxygens (including phenoxy) is 2. The maximum atomic E-state index is 11.5. The van der Waals surface area contributed by atoms with E-state index >= 15 is 0 Å². The third-order valence-corrected chi connectivity index (χ3v) is 2.47. The topological polar surface area (TPSA) is 64.6 Å². The first kappa shape index (κ1) is 15.8. The van der Waals surface area contributed by atoms with E-state index in [4.69, 9.17) is 4.74 Å². The number of benzene rings is 1. The Morgan fingerprint density at radius 3 is 2.55 bits per heavy atom. The highest BCUT2D eigenvalue weighted by molar-refractivity contribution is 5.91. The normalized spacial score (nSPS) is 10.3. The van der Waals surface area contributed by atoms with E-state index in [2.05, 4.69) is 10.1 Å². The monoisotopic (exact) mass is 277 g/mol. The first-order valence-electron chi connectivity index (χ1n) is 6.41. The molecule has 1 aromatic rings. The number of methoxy groups -OCH3 is 1. The van der Waals surface area contributed by atoms with Crippen molar-refractivity contribution in [3.8, 4) is 5.75 Å². The standard InChI is InChI=1S/C15H19NO4/c1-3-20-13-7-4-12(5-8-13)6-9-14(17)16-11-10-15(18)19-2/h4-9H,3,10-11H2,1-2H3,(H,16,17)/b9-6+. The van der Waals surface area contributed by atoms with Crippen molar-refractivity contribution in [2.45, 2.75) is 13.3 Å². The smallest absolute Gasteiger partial charge is 0.307 e. The van der Waals surface area contributed by atoms with Crippen LogP contribution >= 0.6 is 0 Å². The highest BCUT2D eigenvalue weighted by Crippen LogP contribution is 2.12. The third-order valence-electron chi connectivity index (χ3n) is 2.47. The molecule has 20 heavy (non-hydrogen) atoms. The molecule has 0 aromatic heterocycles. The first-order chi connectivity index (χ1) is 9.65. The summed E-state index contributed by atoms with van der Waals surface area (Å²) in [6.07, 6.45) is 3.29. The molecule has 0 spiro atoms. The van der Waals surface area contributed by atoms with Crippen molar-refractivity contribution in [1.82, 2.24) is 5.32 Å². The zero-order valence-corrected chi connectivity index (χ0v) is 11.7. The Labute approximate surface area is 118 Å². The predicted octanol–water partition coefficient (Wildman–Crippen LogP) is 1.78. The second kappa shape index (κ2) is 8.74. The van der Waals surface area contributed by atoms with Crippen LogP contribution in [-0.4, -0.2) is 32.1 Å². The van der Waals surface area contributed by atoms with E-state index in [0.717, 1.165) is 11.3 Å². The van der Waals surface area contributed by atoms with Crippen LogP contribution in [0.25, 0.3) is 6.08 Å². The summed E-state index contributed by atoms with van der Waals surface area (Å²) in [4.78, 5) is 22.3. The first-order valence-corrected chi connectivity index (χ1v) is 6.41. The minimum Gasteiger partial charge on any atom is -0.494 e. The number of carbonyl (C=O) groups is 2. The van der Waals surface area contributed by atoms with Crippen molar-refractivity contribution in [2.75, 3.05) is 20.3 Å². The summed E-state index contributed by atoms with van der Waals surface area (Å²) in [5.74, 6) is 0.204. The van der Waals surface area contributed by atoms with Gasteiger partial charge in [-0.05, 0) is 30.7 Å². The zero-order chi connectivity index (χ0) is 14.8. The lowest BCUT2D eigenvalue weighted by atomic mass is 10.2. The summed E-state index contributed by atoms with van der Waals surface area (Å²) in [6.45, 7) is 2.81. The third kappa shape index (κ3) is 6.04. The van der Waals surface area contributed by atoms with Crippen LogP contribution in [0.5, 0.6) is 5.75 Å². The Balaban J connectivity index is 2.38. The molecular formula is C15H19NO4. The molecule has 0 atom stereocenters. The molecule has 1 aromatic carbocycles. The largest absolute Gasteiger partial charge is 0.494 e. The average Bonchev–Trinajstić information content (AvgIpc) is 2.46. The molecule has 108 valence electrons. The molecule has 1 amide bonds. The van der Waals surface area contributed by atoms with Crippen LogP contribution in [-0.2, 0) is 14.3 Å². The Hall–Kier alpha value is -2.30. The Kier molecular flexibility index (Phi) is 6.89. The van der Waals surface area contributed by atoms with Crippen molar-refractivity contribution < 1.29 is 19.1 Å². The molecule has 0 saturated carbocycles. The molecule has 0 saturated heterocycles. The van der Waals surface area contributed by atoms with Gasteiger partial charge in [0.2, 0.25) is 5.91 Å². The second-order valence-corrected chi connectivity index (χ2v) is 3.95. The molecule has 1 rings (SSSR count). The Morgan fingerprint density at radius 1 is 1.25 bits per heavy atom. The fourth-order valence-corrected chi connectivity index (χ4v) is 1.46. The van der Waals surface area contributed by atoms with Gasteiger partial charge >= 0.3 is 5.97 Å². The number of hydrogen-bond donors (Lipinski definition) is 1. The molecule has 0 aliphatic carbocycles. The van der Waals surface area contributed by atoms with Gasteiger partial charge in [-0.25, -0.2) is 0 Å². The molecule has 1 N–H and O–H groups in total. The summed E-state index contributed by atoms with van der Waals surface area (Å²) >= 11 is 0. The number of esters is 1. The van der Waals surface area contributed by atoms with Crippen LogP contribution in [0.1, 0.15) is 18.9 Å². The van der Waals surface area contributed by atoms with Gasteiger partial charge < -0.3 is 14.8 Å². The van der Waals surface area contributed by atoms with Crippen molar-refractivity contribution in [3.63, 3.8) is 0 Å². The van der Waals surface area contributed by atoms with Gasteiger partial charge in [-0.15, -0.1) is 0 Å². The fraction of sp³-hybridized carbons (Fsp3) is 0.333. The van der Waals surface area contributed by atoms with Gasteiger partial charge in [-0.3, -0.25) is 9.59 Å². The van der Waals surface area contributed by atoms with E-state index in [1.165, 1.54) is 13.2 Å². The zero-order valence-electron chi connectivity index (χ0n) is 11.7. The van der Waals surface area contributed by atoms with Crippen molar-refractivity contribution in [2.24, 2.45) is 0 Å². The molecule has 0 bridgehead atoms. The van der Waals surface area contributed by atoms with Crippen molar-refractivity contribution >= 4 is 18.0 Å². The molecule has 0 heterocycles.